The van der Waals surface area contributed by atoms with Gasteiger partial charge in [-0.15, -0.1) is 0 Å². The number of rotatable bonds is 3. The van der Waals surface area contributed by atoms with E-state index in [1.54, 1.807) is 0 Å². The van der Waals surface area contributed by atoms with Crippen LogP contribution in [-0.4, -0.2) is 20.7 Å². The summed E-state index contributed by atoms with van der Waals surface area (Å²) >= 11 is 0. The Labute approximate surface area is 81.0 Å². The Morgan fingerprint density at radius 1 is 1.46 bits per heavy atom. The molecule has 0 fully saturated rings. The molecule has 0 saturated heterocycles. The van der Waals surface area contributed by atoms with E-state index in [4.69, 9.17) is 4.74 Å². The van der Waals surface area contributed by atoms with Gasteiger partial charge in [0.1, 0.15) is 0 Å². The van der Waals surface area contributed by atoms with Crippen molar-refractivity contribution in [2.24, 2.45) is 5.92 Å². The van der Waals surface area contributed by atoms with Crippen molar-refractivity contribution in [2.45, 2.75) is 33.5 Å². The molecule has 0 aromatic rings. The van der Waals surface area contributed by atoms with Gasteiger partial charge in [0.15, 0.2) is 0 Å². The SMILES string of the molecule is CCOC(=O)[C@@H]1C(C)=C1[Si](C)(C)C. The molecule has 0 amide bonds. The molecular formula is C10H18O2Si. The number of hydrogen-bond donors (Lipinski definition) is 0. The quantitative estimate of drug-likeness (QED) is 0.514. The zero-order valence-electron chi connectivity index (χ0n) is 9.10. The minimum Gasteiger partial charge on any atom is -0.465 e. The Kier molecular flexibility index (Phi) is 2.66. The molecule has 13 heavy (non-hydrogen) atoms. The van der Waals surface area contributed by atoms with Crippen molar-refractivity contribution in [1.29, 1.82) is 0 Å². The molecule has 1 aliphatic rings. The highest BCUT2D eigenvalue weighted by Gasteiger charge is 2.46. The maximum Gasteiger partial charge on any atom is 0.316 e. The molecule has 0 radical (unpaired) electrons. The predicted molar refractivity (Wildman–Crippen MR) is 56.2 cm³/mol. The molecule has 1 aliphatic carbocycles. The molecule has 1 rings (SSSR count). The van der Waals surface area contributed by atoms with Gasteiger partial charge in [0.25, 0.3) is 0 Å². The normalized spacial score (nSPS) is 21.8. The Hall–Kier alpha value is -0.573. The molecule has 74 valence electrons. The molecule has 0 saturated carbocycles. The third-order valence-corrected chi connectivity index (χ3v) is 4.69. The fourth-order valence-corrected chi connectivity index (χ4v) is 4.33. The van der Waals surface area contributed by atoms with Crippen LogP contribution in [0.25, 0.3) is 0 Å². The summed E-state index contributed by atoms with van der Waals surface area (Å²) in [7, 11) is -1.26. The molecule has 0 spiro atoms. The second kappa shape index (κ2) is 3.29. The number of hydrogen-bond acceptors (Lipinski definition) is 2. The first kappa shape index (κ1) is 10.5. The zero-order chi connectivity index (χ0) is 10.2. The number of carbonyl (C=O) groups excluding carboxylic acids is 1. The summed E-state index contributed by atoms with van der Waals surface area (Å²) in [4.78, 5) is 11.4. The molecule has 3 heteroatoms. The van der Waals surface area contributed by atoms with Crippen LogP contribution in [-0.2, 0) is 9.53 Å². The third kappa shape index (κ3) is 2.02. The molecule has 0 aromatic carbocycles. The van der Waals surface area contributed by atoms with E-state index < -0.39 is 8.07 Å². The van der Waals surface area contributed by atoms with E-state index in [-0.39, 0.29) is 11.9 Å². The highest BCUT2D eigenvalue weighted by atomic mass is 28.3. The lowest BCUT2D eigenvalue weighted by atomic mass is 10.3. The van der Waals surface area contributed by atoms with Crippen LogP contribution in [0.15, 0.2) is 10.8 Å². The van der Waals surface area contributed by atoms with Crippen LogP contribution in [0.2, 0.25) is 19.6 Å². The van der Waals surface area contributed by atoms with E-state index in [9.17, 15) is 4.79 Å². The smallest absolute Gasteiger partial charge is 0.316 e. The van der Waals surface area contributed by atoms with Crippen LogP contribution in [0.1, 0.15) is 13.8 Å². The van der Waals surface area contributed by atoms with E-state index in [2.05, 4.69) is 26.6 Å². The van der Waals surface area contributed by atoms with E-state index >= 15 is 0 Å². The van der Waals surface area contributed by atoms with Gasteiger partial charge in [0.2, 0.25) is 0 Å². The van der Waals surface area contributed by atoms with Crippen molar-refractivity contribution >= 4 is 14.0 Å². The minimum atomic E-state index is -1.26. The molecule has 0 aliphatic heterocycles. The van der Waals surface area contributed by atoms with E-state index in [1.807, 2.05) is 6.92 Å². The van der Waals surface area contributed by atoms with Gasteiger partial charge in [0, 0.05) is 0 Å². The summed E-state index contributed by atoms with van der Waals surface area (Å²) in [6, 6.07) is 0. The van der Waals surface area contributed by atoms with Crippen LogP contribution in [0, 0.1) is 5.92 Å². The van der Waals surface area contributed by atoms with Crippen molar-refractivity contribution in [3.63, 3.8) is 0 Å². The van der Waals surface area contributed by atoms with Crippen molar-refractivity contribution in [1.82, 2.24) is 0 Å². The lowest BCUT2D eigenvalue weighted by Crippen LogP contribution is -2.23. The standard InChI is InChI=1S/C10H18O2Si/c1-6-12-10(11)8-7(2)9(8)13(3,4)5/h8H,6H2,1-5H3/t8-/m1/s1. The molecule has 0 bridgehead atoms. The zero-order valence-corrected chi connectivity index (χ0v) is 10.1. The van der Waals surface area contributed by atoms with Crippen molar-refractivity contribution in [3.8, 4) is 0 Å². The molecule has 0 heterocycles. The lowest BCUT2D eigenvalue weighted by Gasteiger charge is -2.12. The third-order valence-electron chi connectivity index (χ3n) is 2.39. The Morgan fingerprint density at radius 2 is 2.00 bits per heavy atom. The highest BCUT2D eigenvalue weighted by Crippen LogP contribution is 2.45. The number of carbonyl (C=O) groups is 1. The second-order valence-electron chi connectivity index (χ2n) is 4.53. The second-order valence-corrected chi connectivity index (χ2v) is 9.57. The summed E-state index contributed by atoms with van der Waals surface area (Å²) < 4.78 is 5.00. The maximum atomic E-state index is 11.4. The van der Waals surface area contributed by atoms with Crippen LogP contribution in [0.3, 0.4) is 0 Å². The maximum absolute atomic E-state index is 11.4. The largest absolute Gasteiger partial charge is 0.465 e. The first-order valence-corrected chi connectivity index (χ1v) is 8.27. The molecule has 0 unspecified atom stereocenters. The van der Waals surface area contributed by atoms with Crippen LogP contribution >= 0.6 is 0 Å². The average Bonchev–Trinajstić information content (AvgIpc) is 2.60. The van der Waals surface area contributed by atoms with E-state index in [1.165, 1.54) is 10.8 Å². The van der Waals surface area contributed by atoms with Gasteiger partial charge in [-0.1, -0.05) is 30.4 Å². The molecule has 0 aromatic heterocycles. The van der Waals surface area contributed by atoms with Gasteiger partial charge in [0.05, 0.1) is 20.6 Å². The fraction of sp³-hybridized carbons (Fsp3) is 0.700. The van der Waals surface area contributed by atoms with Crippen LogP contribution < -0.4 is 0 Å². The van der Waals surface area contributed by atoms with Gasteiger partial charge in [-0.05, 0) is 13.8 Å². The van der Waals surface area contributed by atoms with Gasteiger partial charge in [-0.2, -0.15) is 0 Å². The summed E-state index contributed by atoms with van der Waals surface area (Å²) in [5.41, 5.74) is 1.26. The topological polar surface area (TPSA) is 26.3 Å². The number of ether oxygens (including phenoxy) is 1. The summed E-state index contributed by atoms with van der Waals surface area (Å²) in [6.07, 6.45) is 0. The first-order chi connectivity index (χ1) is 5.89. The fourth-order valence-electron chi connectivity index (χ4n) is 1.88. The Balaban J connectivity index is 2.60. The summed E-state index contributed by atoms with van der Waals surface area (Å²) in [6.45, 7) is 11.2. The summed E-state index contributed by atoms with van der Waals surface area (Å²) in [5, 5.41) is 1.39. The van der Waals surface area contributed by atoms with E-state index in [0.29, 0.717) is 6.61 Å². The highest BCUT2D eigenvalue weighted by molar-refractivity contribution is 6.84. The number of esters is 1. The summed E-state index contributed by atoms with van der Waals surface area (Å²) in [5.74, 6) is 0.00374. The van der Waals surface area contributed by atoms with Gasteiger partial charge >= 0.3 is 5.97 Å². The Bertz CT molecular complexity index is 261. The molecule has 0 N–H and O–H groups in total. The van der Waals surface area contributed by atoms with Crippen LogP contribution in [0.4, 0.5) is 0 Å². The van der Waals surface area contributed by atoms with Crippen molar-refractivity contribution < 1.29 is 9.53 Å². The molecule has 2 nitrogen and oxygen atoms in total. The Morgan fingerprint density at radius 3 is 2.31 bits per heavy atom. The van der Waals surface area contributed by atoms with Crippen molar-refractivity contribution in [3.05, 3.63) is 10.8 Å². The average molecular weight is 198 g/mol. The molecular weight excluding hydrogens is 180 g/mol. The van der Waals surface area contributed by atoms with Crippen LogP contribution in [0.5, 0.6) is 0 Å². The minimum absolute atomic E-state index is 0.0441. The first-order valence-electron chi connectivity index (χ1n) is 4.77. The molecule has 1 atom stereocenters. The monoisotopic (exact) mass is 198 g/mol. The van der Waals surface area contributed by atoms with Gasteiger partial charge < -0.3 is 4.74 Å². The van der Waals surface area contributed by atoms with Gasteiger partial charge in [-0.3, -0.25) is 4.79 Å². The van der Waals surface area contributed by atoms with Crippen molar-refractivity contribution in [2.75, 3.05) is 6.61 Å². The lowest BCUT2D eigenvalue weighted by molar-refractivity contribution is -0.144. The predicted octanol–water partition coefficient (Wildman–Crippen LogP) is 2.37. The van der Waals surface area contributed by atoms with Gasteiger partial charge in [-0.25, -0.2) is 0 Å². The van der Waals surface area contributed by atoms with E-state index in [0.717, 1.165) is 0 Å².